The Morgan fingerprint density at radius 1 is 1.39 bits per heavy atom. The first kappa shape index (κ1) is 15.1. The van der Waals surface area contributed by atoms with Crippen molar-refractivity contribution in [2.45, 2.75) is 39.4 Å². The van der Waals surface area contributed by atoms with E-state index in [-0.39, 0.29) is 0 Å². The van der Waals surface area contributed by atoms with Crippen LogP contribution in [-0.2, 0) is 17.8 Å². The van der Waals surface area contributed by atoms with Gasteiger partial charge in [0.1, 0.15) is 0 Å². The lowest BCUT2D eigenvalue weighted by Crippen LogP contribution is -2.35. The van der Waals surface area contributed by atoms with Gasteiger partial charge in [0.2, 0.25) is 0 Å². The third-order valence-electron chi connectivity index (χ3n) is 3.24. The van der Waals surface area contributed by atoms with Gasteiger partial charge in [0.25, 0.3) is 0 Å². The molecule has 1 heterocycles. The number of hydrogen-bond donors (Lipinski definition) is 1. The van der Waals surface area contributed by atoms with E-state index in [4.69, 9.17) is 10.5 Å². The van der Waals surface area contributed by atoms with Gasteiger partial charge in [-0.3, -0.25) is 9.88 Å². The lowest BCUT2D eigenvalue weighted by atomic mass is 10.2. The average Bonchev–Trinajstić information content (AvgIpc) is 2.42. The van der Waals surface area contributed by atoms with Crippen molar-refractivity contribution in [1.82, 2.24) is 9.88 Å². The summed E-state index contributed by atoms with van der Waals surface area (Å²) < 4.78 is 5.17. The number of aromatic nitrogens is 1. The molecule has 0 spiro atoms. The van der Waals surface area contributed by atoms with Crippen LogP contribution in [0.15, 0.2) is 18.2 Å². The molecule has 0 aliphatic carbocycles. The third kappa shape index (κ3) is 4.72. The Hall–Kier alpha value is -0.970. The third-order valence-corrected chi connectivity index (χ3v) is 3.24. The summed E-state index contributed by atoms with van der Waals surface area (Å²) in [6.45, 7) is 7.47. The molecule has 18 heavy (non-hydrogen) atoms. The first-order valence-corrected chi connectivity index (χ1v) is 6.59. The minimum atomic E-state index is 0.495. The van der Waals surface area contributed by atoms with E-state index >= 15 is 0 Å². The SMILES string of the molecule is CCC(C)N(CCOC)Cc1cccc(CN)n1. The summed E-state index contributed by atoms with van der Waals surface area (Å²) in [6.07, 6.45) is 1.13. The molecule has 1 atom stereocenters. The lowest BCUT2D eigenvalue weighted by Gasteiger charge is -2.27. The van der Waals surface area contributed by atoms with E-state index in [2.05, 4.69) is 29.8 Å². The molecule has 1 unspecified atom stereocenters. The second-order valence-electron chi connectivity index (χ2n) is 4.54. The highest BCUT2D eigenvalue weighted by Crippen LogP contribution is 2.09. The number of methoxy groups -OCH3 is 1. The summed E-state index contributed by atoms with van der Waals surface area (Å²) in [6, 6.07) is 6.58. The summed E-state index contributed by atoms with van der Waals surface area (Å²) in [5.41, 5.74) is 7.65. The quantitative estimate of drug-likeness (QED) is 0.765. The van der Waals surface area contributed by atoms with Crippen molar-refractivity contribution < 1.29 is 4.74 Å². The minimum Gasteiger partial charge on any atom is -0.383 e. The minimum absolute atomic E-state index is 0.495. The molecule has 1 aromatic heterocycles. The van der Waals surface area contributed by atoms with Crippen molar-refractivity contribution in [3.63, 3.8) is 0 Å². The highest BCUT2D eigenvalue weighted by atomic mass is 16.5. The normalized spacial score (nSPS) is 12.9. The highest BCUT2D eigenvalue weighted by Gasteiger charge is 2.13. The molecule has 0 saturated heterocycles. The van der Waals surface area contributed by atoms with Gasteiger partial charge < -0.3 is 10.5 Å². The summed E-state index contributed by atoms with van der Waals surface area (Å²) in [4.78, 5) is 6.94. The molecule has 0 saturated carbocycles. The molecule has 4 nitrogen and oxygen atoms in total. The van der Waals surface area contributed by atoms with Crippen molar-refractivity contribution in [2.24, 2.45) is 5.73 Å². The molecule has 2 N–H and O–H groups in total. The fourth-order valence-corrected chi connectivity index (χ4v) is 1.86. The number of pyridine rings is 1. The highest BCUT2D eigenvalue weighted by molar-refractivity contribution is 5.11. The lowest BCUT2D eigenvalue weighted by molar-refractivity contribution is 0.117. The van der Waals surface area contributed by atoms with E-state index in [0.29, 0.717) is 12.6 Å². The van der Waals surface area contributed by atoms with Crippen LogP contribution in [0.4, 0.5) is 0 Å². The largest absolute Gasteiger partial charge is 0.383 e. The van der Waals surface area contributed by atoms with Crippen LogP contribution >= 0.6 is 0 Å². The predicted octanol–water partition coefficient (Wildman–Crippen LogP) is 1.79. The van der Waals surface area contributed by atoms with Crippen LogP contribution in [0.1, 0.15) is 31.7 Å². The topological polar surface area (TPSA) is 51.4 Å². The van der Waals surface area contributed by atoms with Crippen LogP contribution < -0.4 is 5.73 Å². The van der Waals surface area contributed by atoms with Gasteiger partial charge in [-0.05, 0) is 25.5 Å². The second kappa shape index (κ2) is 8.19. The van der Waals surface area contributed by atoms with Crippen molar-refractivity contribution >= 4 is 0 Å². The van der Waals surface area contributed by atoms with Crippen LogP contribution in [0, 0.1) is 0 Å². The molecule has 0 aromatic carbocycles. The first-order valence-electron chi connectivity index (χ1n) is 6.59. The van der Waals surface area contributed by atoms with Gasteiger partial charge in [-0.25, -0.2) is 0 Å². The zero-order valence-corrected chi connectivity index (χ0v) is 11.7. The van der Waals surface area contributed by atoms with Crippen LogP contribution in [0.25, 0.3) is 0 Å². The van der Waals surface area contributed by atoms with E-state index in [1.807, 2.05) is 12.1 Å². The van der Waals surface area contributed by atoms with E-state index in [1.165, 1.54) is 0 Å². The molecule has 1 rings (SSSR count). The van der Waals surface area contributed by atoms with Crippen LogP contribution in [0.5, 0.6) is 0 Å². The smallest absolute Gasteiger partial charge is 0.0589 e. The summed E-state index contributed by atoms with van der Waals surface area (Å²) in [5, 5.41) is 0. The maximum absolute atomic E-state index is 5.62. The van der Waals surface area contributed by atoms with Crippen molar-refractivity contribution in [1.29, 1.82) is 0 Å². The Morgan fingerprint density at radius 3 is 2.72 bits per heavy atom. The van der Waals surface area contributed by atoms with E-state index in [9.17, 15) is 0 Å². The number of rotatable bonds is 8. The Morgan fingerprint density at radius 2 is 2.11 bits per heavy atom. The van der Waals surface area contributed by atoms with Crippen molar-refractivity contribution in [2.75, 3.05) is 20.3 Å². The molecular formula is C14H25N3O. The molecule has 4 heteroatoms. The molecule has 1 aromatic rings. The fourth-order valence-electron chi connectivity index (χ4n) is 1.86. The molecule has 102 valence electrons. The second-order valence-corrected chi connectivity index (χ2v) is 4.54. The molecule has 0 amide bonds. The fraction of sp³-hybridized carbons (Fsp3) is 0.643. The van der Waals surface area contributed by atoms with Gasteiger partial charge in [-0.1, -0.05) is 13.0 Å². The zero-order chi connectivity index (χ0) is 13.4. The Balaban J connectivity index is 2.68. The van der Waals surface area contributed by atoms with Crippen molar-refractivity contribution in [3.05, 3.63) is 29.6 Å². The van der Waals surface area contributed by atoms with Gasteiger partial charge in [0, 0.05) is 32.8 Å². The van der Waals surface area contributed by atoms with Crippen molar-refractivity contribution in [3.8, 4) is 0 Å². The predicted molar refractivity (Wildman–Crippen MR) is 74.2 cm³/mol. The van der Waals surface area contributed by atoms with Crippen LogP contribution in [0.3, 0.4) is 0 Å². The van der Waals surface area contributed by atoms with E-state index in [0.717, 1.165) is 37.5 Å². The Kier molecular flexibility index (Phi) is 6.86. The van der Waals surface area contributed by atoms with Gasteiger partial charge in [-0.2, -0.15) is 0 Å². The molecule has 0 radical (unpaired) electrons. The number of nitrogens with two attached hydrogens (primary N) is 1. The molecule has 0 aliphatic heterocycles. The van der Waals surface area contributed by atoms with Gasteiger partial charge in [0.15, 0.2) is 0 Å². The molecule has 0 bridgehead atoms. The molecular weight excluding hydrogens is 226 g/mol. The standard InChI is InChI=1S/C14H25N3O/c1-4-12(2)17(8-9-18-3)11-14-7-5-6-13(10-15)16-14/h5-7,12H,4,8-11,15H2,1-3H3. The molecule has 0 aliphatic rings. The van der Waals surface area contributed by atoms with Gasteiger partial charge in [0.05, 0.1) is 18.0 Å². The Labute approximate surface area is 110 Å². The number of nitrogens with zero attached hydrogens (tertiary/aromatic N) is 2. The summed E-state index contributed by atoms with van der Waals surface area (Å²) in [7, 11) is 1.74. The maximum Gasteiger partial charge on any atom is 0.0589 e. The summed E-state index contributed by atoms with van der Waals surface area (Å²) in [5.74, 6) is 0. The van der Waals surface area contributed by atoms with Gasteiger partial charge >= 0.3 is 0 Å². The average molecular weight is 251 g/mol. The monoisotopic (exact) mass is 251 g/mol. The maximum atomic E-state index is 5.62. The number of ether oxygens (including phenoxy) is 1. The van der Waals surface area contributed by atoms with E-state index in [1.54, 1.807) is 7.11 Å². The first-order chi connectivity index (χ1) is 8.71. The van der Waals surface area contributed by atoms with Crippen LogP contribution in [0.2, 0.25) is 0 Å². The van der Waals surface area contributed by atoms with Gasteiger partial charge in [-0.15, -0.1) is 0 Å². The zero-order valence-electron chi connectivity index (χ0n) is 11.7. The van der Waals surface area contributed by atoms with Crippen LogP contribution in [-0.4, -0.2) is 36.2 Å². The molecule has 0 fully saturated rings. The number of hydrogen-bond acceptors (Lipinski definition) is 4. The van der Waals surface area contributed by atoms with E-state index < -0.39 is 0 Å². The summed E-state index contributed by atoms with van der Waals surface area (Å²) >= 11 is 0. The Bertz CT molecular complexity index is 344.